The van der Waals surface area contributed by atoms with Crippen LogP contribution in [0.4, 0.5) is 14.5 Å². The first-order valence-corrected chi connectivity index (χ1v) is 8.35. The second-order valence-corrected chi connectivity index (χ2v) is 5.86. The Labute approximate surface area is 138 Å². The quantitative estimate of drug-likeness (QED) is 0.784. The number of carbonyl (C=O) groups is 1. The first-order chi connectivity index (χ1) is 11.0. The van der Waals surface area contributed by atoms with Gasteiger partial charge in [-0.05, 0) is 31.4 Å². The highest BCUT2D eigenvalue weighted by atomic mass is 32.2. The molecule has 2 rings (SSSR count). The van der Waals surface area contributed by atoms with Gasteiger partial charge in [-0.3, -0.25) is 4.79 Å². The summed E-state index contributed by atoms with van der Waals surface area (Å²) in [7, 11) is 0. The van der Waals surface area contributed by atoms with E-state index in [4.69, 9.17) is 0 Å². The molecule has 0 aromatic heterocycles. The third kappa shape index (κ3) is 4.77. The molecule has 0 radical (unpaired) electrons. The summed E-state index contributed by atoms with van der Waals surface area (Å²) in [4.78, 5) is 13.0. The van der Waals surface area contributed by atoms with E-state index < -0.39 is 17.7 Å². The minimum atomic E-state index is -0.627. The SMILES string of the molecule is CSc1ccccc1NC(=O)CN[C@@H](C)c1ccc(F)cc1F. The standard InChI is InChI=1S/C17H18F2N2OS/c1-11(13-8-7-12(18)9-14(13)19)20-10-17(22)21-15-5-3-4-6-16(15)23-2/h3-9,11,20H,10H2,1-2H3,(H,21,22)/t11-/m0/s1. The number of rotatable bonds is 6. The number of carbonyl (C=O) groups excluding carboxylic acids is 1. The molecule has 23 heavy (non-hydrogen) atoms. The van der Waals surface area contributed by atoms with Gasteiger partial charge in [0.1, 0.15) is 11.6 Å². The zero-order chi connectivity index (χ0) is 16.8. The smallest absolute Gasteiger partial charge is 0.238 e. The van der Waals surface area contributed by atoms with Crippen molar-refractivity contribution >= 4 is 23.4 Å². The van der Waals surface area contributed by atoms with Crippen LogP contribution >= 0.6 is 11.8 Å². The summed E-state index contributed by atoms with van der Waals surface area (Å²) in [6, 6.07) is 10.5. The molecule has 1 amide bonds. The summed E-state index contributed by atoms with van der Waals surface area (Å²) in [5, 5.41) is 5.75. The molecule has 2 aromatic rings. The Balaban J connectivity index is 1.93. The molecule has 2 N–H and O–H groups in total. The maximum Gasteiger partial charge on any atom is 0.238 e. The van der Waals surface area contributed by atoms with Crippen LogP contribution in [0.5, 0.6) is 0 Å². The molecule has 0 aliphatic rings. The van der Waals surface area contributed by atoms with Gasteiger partial charge >= 0.3 is 0 Å². The van der Waals surface area contributed by atoms with E-state index in [-0.39, 0.29) is 12.5 Å². The largest absolute Gasteiger partial charge is 0.324 e. The fourth-order valence-corrected chi connectivity index (χ4v) is 2.70. The number of benzene rings is 2. The third-order valence-electron chi connectivity index (χ3n) is 3.38. The van der Waals surface area contributed by atoms with Gasteiger partial charge in [-0.15, -0.1) is 11.8 Å². The number of anilines is 1. The summed E-state index contributed by atoms with van der Waals surface area (Å²) < 4.78 is 26.6. The lowest BCUT2D eigenvalue weighted by Crippen LogP contribution is -2.30. The predicted octanol–water partition coefficient (Wildman–Crippen LogP) is 3.98. The van der Waals surface area contributed by atoms with E-state index in [1.54, 1.807) is 18.7 Å². The van der Waals surface area contributed by atoms with Gasteiger partial charge in [0.05, 0.1) is 12.2 Å². The monoisotopic (exact) mass is 336 g/mol. The Morgan fingerprint density at radius 3 is 2.65 bits per heavy atom. The highest BCUT2D eigenvalue weighted by Gasteiger charge is 2.13. The van der Waals surface area contributed by atoms with Gasteiger partial charge < -0.3 is 10.6 Å². The number of hydrogen-bond acceptors (Lipinski definition) is 3. The second-order valence-electron chi connectivity index (χ2n) is 5.02. The molecule has 6 heteroatoms. The average Bonchev–Trinajstić information content (AvgIpc) is 2.53. The molecule has 3 nitrogen and oxygen atoms in total. The Kier molecular flexibility index (Phi) is 6.12. The van der Waals surface area contributed by atoms with Crippen LogP contribution in [-0.2, 0) is 4.79 Å². The van der Waals surface area contributed by atoms with Crippen molar-refractivity contribution in [1.29, 1.82) is 0 Å². The van der Waals surface area contributed by atoms with Crippen molar-refractivity contribution in [1.82, 2.24) is 5.32 Å². The molecule has 0 saturated carbocycles. The lowest BCUT2D eigenvalue weighted by atomic mass is 10.1. The molecule has 0 heterocycles. The fraction of sp³-hybridized carbons (Fsp3) is 0.235. The van der Waals surface area contributed by atoms with Crippen molar-refractivity contribution in [2.45, 2.75) is 17.9 Å². The summed E-state index contributed by atoms with van der Waals surface area (Å²) in [6.45, 7) is 1.75. The molecule has 122 valence electrons. The Morgan fingerprint density at radius 2 is 1.96 bits per heavy atom. The molecule has 0 saturated heterocycles. The van der Waals surface area contributed by atoms with Crippen molar-refractivity contribution in [3.63, 3.8) is 0 Å². The number of para-hydroxylation sites is 1. The lowest BCUT2D eigenvalue weighted by Gasteiger charge is -2.15. The van der Waals surface area contributed by atoms with Crippen LogP contribution in [0.2, 0.25) is 0 Å². The number of nitrogens with one attached hydrogen (secondary N) is 2. The van der Waals surface area contributed by atoms with E-state index >= 15 is 0 Å². The number of thioether (sulfide) groups is 1. The lowest BCUT2D eigenvalue weighted by molar-refractivity contribution is -0.115. The minimum Gasteiger partial charge on any atom is -0.324 e. The Morgan fingerprint density at radius 1 is 1.22 bits per heavy atom. The molecular weight excluding hydrogens is 318 g/mol. The molecule has 0 aliphatic carbocycles. The van der Waals surface area contributed by atoms with Crippen molar-refractivity contribution in [3.8, 4) is 0 Å². The number of amides is 1. The Bertz CT molecular complexity index is 694. The second kappa shape index (κ2) is 8.08. The maximum atomic E-state index is 13.7. The van der Waals surface area contributed by atoms with E-state index in [9.17, 15) is 13.6 Å². The van der Waals surface area contributed by atoms with Crippen LogP contribution in [0.25, 0.3) is 0 Å². The van der Waals surface area contributed by atoms with Crippen LogP contribution in [0.15, 0.2) is 47.4 Å². The highest BCUT2D eigenvalue weighted by Crippen LogP contribution is 2.24. The van der Waals surface area contributed by atoms with Crippen LogP contribution < -0.4 is 10.6 Å². The summed E-state index contributed by atoms with van der Waals surface area (Å²) >= 11 is 1.54. The summed E-state index contributed by atoms with van der Waals surface area (Å²) in [6.07, 6.45) is 1.93. The molecule has 0 fully saturated rings. The predicted molar refractivity (Wildman–Crippen MR) is 89.6 cm³/mol. The van der Waals surface area contributed by atoms with Gasteiger partial charge in [0.25, 0.3) is 0 Å². The van der Waals surface area contributed by atoms with E-state index in [2.05, 4.69) is 10.6 Å². The zero-order valence-corrected chi connectivity index (χ0v) is 13.7. The van der Waals surface area contributed by atoms with E-state index in [0.29, 0.717) is 5.56 Å². The average molecular weight is 336 g/mol. The van der Waals surface area contributed by atoms with Crippen LogP contribution in [0.1, 0.15) is 18.5 Å². The summed E-state index contributed by atoms with van der Waals surface area (Å²) in [5.41, 5.74) is 1.07. The third-order valence-corrected chi connectivity index (χ3v) is 4.17. The first kappa shape index (κ1) is 17.4. The van der Waals surface area contributed by atoms with Gasteiger partial charge in [-0.1, -0.05) is 18.2 Å². The molecule has 0 bridgehead atoms. The molecular formula is C17H18F2N2OS. The van der Waals surface area contributed by atoms with E-state index in [1.165, 1.54) is 12.1 Å². The first-order valence-electron chi connectivity index (χ1n) is 7.12. The minimum absolute atomic E-state index is 0.0285. The normalized spacial score (nSPS) is 12.0. The molecule has 0 spiro atoms. The van der Waals surface area contributed by atoms with Crippen molar-refractivity contribution in [2.24, 2.45) is 0 Å². The van der Waals surface area contributed by atoms with E-state index in [1.807, 2.05) is 30.5 Å². The molecule has 2 aromatic carbocycles. The van der Waals surface area contributed by atoms with Gasteiger partial charge in [-0.2, -0.15) is 0 Å². The number of halogens is 2. The fourth-order valence-electron chi connectivity index (χ4n) is 2.15. The van der Waals surface area contributed by atoms with E-state index in [0.717, 1.165) is 16.6 Å². The highest BCUT2D eigenvalue weighted by molar-refractivity contribution is 7.98. The Hall–Kier alpha value is -1.92. The topological polar surface area (TPSA) is 41.1 Å². The van der Waals surface area contributed by atoms with Gasteiger partial charge in [-0.25, -0.2) is 8.78 Å². The zero-order valence-electron chi connectivity index (χ0n) is 12.9. The number of hydrogen-bond donors (Lipinski definition) is 2. The van der Waals surface area contributed by atoms with Gasteiger partial charge in [0.15, 0.2) is 0 Å². The maximum absolute atomic E-state index is 13.7. The van der Waals surface area contributed by atoms with Crippen molar-refractivity contribution < 1.29 is 13.6 Å². The summed E-state index contributed by atoms with van der Waals surface area (Å²) in [5.74, 6) is -1.47. The van der Waals surface area contributed by atoms with Crippen LogP contribution in [0.3, 0.4) is 0 Å². The van der Waals surface area contributed by atoms with Crippen LogP contribution in [0, 0.1) is 11.6 Å². The molecule has 0 unspecified atom stereocenters. The van der Waals surface area contributed by atoms with Crippen molar-refractivity contribution in [2.75, 3.05) is 18.1 Å². The van der Waals surface area contributed by atoms with Crippen molar-refractivity contribution in [3.05, 3.63) is 59.7 Å². The van der Waals surface area contributed by atoms with Gasteiger partial charge in [0.2, 0.25) is 5.91 Å². The molecule has 0 aliphatic heterocycles. The molecule has 1 atom stereocenters. The van der Waals surface area contributed by atoms with Crippen LogP contribution in [-0.4, -0.2) is 18.7 Å². The van der Waals surface area contributed by atoms with Gasteiger partial charge in [0, 0.05) is 22.6 Å².